The standard InChI is InChI=1S/C14H20INO2/c15-12-3-5-13(6-4-12)18-14(7-10-17)11-16-8-1-2-9-16/h3-6,14,17H,1-2,7-11H2/t14-/m0/s1. The molecule has 1 aromatic carbocycles. The second-order valence-electron chi connectivity index (χ2n) is 4.71. The summed E-state index contributed by atoms with van der Waals surface area (Å²) in [5.41, 5.74) is 0. The molecule has 0 amide bonds. The lowest BCUT2D eigenvalue weighted by molar-refractivity contribution is 0.116. The van der Waals surface area contributed by atoms with Crippen molar-refractivity contribution in [2.24, 2.45) is 0 Å². The average Bonchev–Trinajstić information content (AvgIpc) is 2.85. The molecule has 0 spiro atoms. The molecule has 1 heterocycles. The summed E-state index contributed by atoms with van der Waals surface area (Å²) in [6.07, 6.45) is 3.36. The highest BCUT2D eigenvalue weighted by molar-refractivity contribution is 14.1. The van der Waals surface area contributed by atoms with Crippen LogP contribution in [0.5, 0.6) is 5.75 Å². The predicted octanol–water partition coefficient (Wildman–Crippen LogP) is 2.52. The van der Waals surface area contributed by atoms with Gasteiger partial charge in [0.15, 0.2) is 0 Å². The highest BCUT2D eigenvalue weighted by Gasteiger charge is 2.18. The fourth-order valence-electron chi connectivity index (χ4n) is 2.29. The Morgan fingerprint density at radius 2 is 1.89 bits per heavy atom. The van der Waals surface area contributed by atoms with E-state index in [9.17, 15) is 0 Å². The van der Waals surface area contributed by atoms with Crippen molar-refractivity contribution in [1.29, 1.82) is 0 Å². The zero-order valence-corrected chi connectivity index (χ0v) is 12.7. The van der Waals surface area contributed by atoms with Gasteiger partial charge in [-0.1, -0.05) is 0 Å². The molecule has 1 saturated heterocycles. The first-order chi connectivity index (χ1) is 8.78. The largest absolute Gasteiger partial charge is 0.489 e. The lowest BCUT2D eigenvalue weighted by Crippen LogP contribution is -2.34. The molecule has 100 valence electrons. The van der Waals surface area contributed by atoms with Crippen molar-refractivity contribution < 1.29 is 9.84 Å². The van der Waals surface area contributed by atoms with Crippen LogP contribution in [0.15, 0.2) is 24.3 Å². The maximum atomic E-state index is 9.13. The highest BCUT2D eigenvalue weighted by atomic mass is 127. The van der Waals surface area contributed by atoms with E-state index in [4.69, 9.17) is 9.84 Å². The van der Waals surface area contributed by atoms with Gasteiger partial charge in [0.05, 0.1) is 0 Å². The molecule has 3 nitrogen and oxygen atoms in total. The molecule has 2 rings (SSSR count). The minimum absolute atomic E-state index is 0.0909. The van der Waals surface area contributed by atoms with Crippen molar-refractivity contribution >= 4 is 22.6 Å². The van der Waals surface area contributed by atoms with Gasteiger partial charge in [-0.15, -0.1) is 0 Å². The fourth-order valence-corrected chi connectivity index (χ4v) is 2.65. The van der Waals surface area contributed by atoms with Crippen LogP contribution >= 0.6 is 22.6 Å². The second kappa shape index (κ2) is 7.31. The normalized spacial score (nSPS) is 17.9. The molecule has 0 bridgehead atoms. The Morgan fingerprint density at radius 3 is 2.50 bits per heavy atom. The van der Waals surface area contributed by atoms with Crippen molar-refractivity contribution in [2.45, 2.75) is 25.4 Å². The molecule has 4 heteroatoms. The van der Waals surface area contributed by atoms with Crippen molar-refractivity contribution in [1.82, 2.24) is 4.90 Å². The first-order valence-corrected chi connectivity index (χ1v) is 7.61. The third-order valence-corrected chi connectivity index (χ3v) is 3.95. The van der Waals surface area contributed by atoms with Gasteiger partial charge in [-0.05, 0) is 72.8 Å². The molecule has 0 saturated carbocycles. The molecule has 1 aliphatic rings. The Labute approximate surface area is 122 Å². The minimum Gasteiger partial charge on any atom is -0.489 e. The molecular formula is C14H20INO2. The first kappa shape index (κ1) is 14.1. The third kappa shape index (κ3) is 4.40. The summed E-state index contributed by atoms with van der Waals surface area (Å²) in [7, 11) is 0. The van der Waals surface area contributed by atoms with Crippen molar-refractivity contribution in [3.63, 3.8) is 0 Å². The highest BCUT2D eigenvalue weighted by Crippen LogP contribution is 2.17. The van der Waals surface area contributed by atoms with Crippen LogP contribution in [0.4, 0.5) is 0 Å². The molecule has 1 atom stereocenters. The molecule has 1 aliphatic heterocycles. The number of likely N-dealkylation sites (tertiary alicyclic amines) is 1. The number of hydrogen-bond donors (Lipinski definition) is 1. The van der Waals surface area contributed by atoms with Gasteiger partial charge < -0.3 is 9.84 Å². The monoisotopic (exact) mass is 361 g/mol. The van der Waals surface area contributed by atoms with Gasteiger partial charge in [-0.3, -0.25) is 4.90 Å². The van der Waals surface area contributed by atoms with Gasteiger partial charge in [0.1, 0.15) is 11.9 Å². The summed E-state index contributed by atoms with van der Waals surface area (Å²) in [5.74, 6) is 0.896. The zero-order chi connectivity index (χ0) is 12.8. The summed E-state index contributed by atoms with van der Waals surface area (Å²) >= 11 is 2.28. The summed E-state index contributed by atoms with van der Waals surface area (Å²) in [6.45, 7) is 3.44. The second-order valence-corrected chi connectivity index (χ2v) is 5.96. The molecule has 1 N–H and O–H groups in total. The Morgan fingerprint density at radius 1 is 1.22 bits per heavy atom. The van der Waals surface area contributed by atoms with Crippen LogP contribution in [0.25, 0.3) is 0 Å². The number of ether oxygens (including phenoxy) is 1. The van der Waals surface area contributed by atoms with E-state index in [0.717, 1.165) is 25.4 Å². The van der Waals surface area contributed by atoms with Crippen molar-refractivity contribution in [3.8, 4) is 5.75 Å². The van der Waals surface area contributed by atoms with Gasteiger partial charge in [0, 0.05) is 23.1 Å². The Bertz CT molecular complexity index is 349. The Hall–Kier alpha value is -0.330. The van der Waals surface area contributed by atoms with Crippen molar-refractivity contribution in [3.05, 3.63) is 27.8 Å². The van der Waals surface area contributed by atoms with Crippen LogP contribution in [-0.2, 0) is 0 Å². The molecule has 0 aliphatic carbocycles. The lowest BCUT2D eigenvalue weighted by atomic mass is 10.2. The quantitative estimate of drug-likeness (QED) is 0.791. The summed E-state index contributed by atoms with van der Waals surface area (Å²) in [6, 6.07) is 8.08. The molecular weight excluding hydrogens is 341 g/mol. The van der Waals surface area contributed by atoms with E-state index in [0.29, 0.717) is 6.42 Å². The summed E-state index contributed by atoms with van der Waals surface area (Å²) < 4.78 is 7.17. The van der Waals surface area contributed by atoms with Gasteiger partial charge in [-0.25, -0.2) is 0 Å². The number of halogens is 1. The molecule has 0 radical (unpaired) electrons. The fraction of sp³-hybridized carbons (Fsp3) is 0.571. The number of benzene rings is 1. The van der Waals surface area contributed by atoms with E-state index in [1.54, 1.807) is 0 Å². The van der Waals surface area contributed by atoms with E-state index in [1.165, 1.54) is 16.4 Å². The Balaban J connectivity index is 1.90. The van der Waals surface area contributed by atoms with Gasteiger partial charge >= 0.3 is 0 Å². The van der Waals surface area contributed by atoms with E-state index in [-0.39, 0.29) is 12.7 Å². The lowest BCUT2D eigenvalue weighted by Gasteiger charge is -2.24. The van der Waals surface area contributed by atoms with Crippen LogP contribution in [0, 0.1) is 3.57 Å². The van der Waals surface area contributed by atoms with Crippen LogP contribution < -0.4 is 4.74 Å². The van der Waals surface area contributed by atoms with Crippen LogP contribution in [0.3, 0.4) is 0 Å². The van der Waals surface area contributed by atoms with Gasteiger partial charge in [0.25, 0.3) is 0 Å². The number of nitrogens with zero attached hydrogens (tertiary/aromatic N) is 1. The average molecular weight is 361 g/mol. The minimum atomic E-state index is 0.0909. The molecule has 1 aromatic rings. The number of aliphatic hydroxyl groups is 1. The SMILES string of the molecule is OCC[C@@H](CN1CCCC1)Oc1ccc(I)cc1. The maximum absolute atomic E-state index is 9.13. The Kier molecular flexibility index (Phi) is 5.72. The number of hydrogen-bond acceptors (Lipinski definition) is 3. The zero-order valence-electron chi connectivity index (χ0n) is 10.5. The molecule has 0 aromatic heterocycles. The first-order valence-electron chi connectivity index (χ1n) is 6.53. The van der Waals surface area contributed by atoms with Crippen molar-refractivity contribution in [2.75, 3.05) is 26.2 Å². The van der Waals surface area contributed by atoms with Crippen LogP contribution in [0.1, 0.15) is 19.3 Å². The predicted molar refractivity (Wildman–Crippen MR) is 81.0 cm³/mol. The summed E-state index contributed by atoms with van der Waals surface area (Å²) in [5, 5.41) is 9.13. The topological polar surface area (TPSA) is 32.7 Å². The van der Waals surface area contributed by atoms with E-state index < -0.39 is 0 Å². The smallest absolute Gasteiger partial charge is 0.119 e. The molecule has 0 unspecified atom stereocenters. The molecule has 18 heavy (non-hydrogen) atoms. The van der Waals surface area contributed by atoms with E-state index >= 15 is 0 Å². The summed E-state index contributed by atoms with van der Waals surface area (Å²) in [4.78, 5) is 2.42. The van der Waals surface area contributed by atoms with Crippen LogP contribution in [-0.4, -0.2) is 42.4 Å². The number of aliphatic hydroxyl groups excluding tert-OH is 1. The third-order valence-electron chi connectivity index (χ3n) is 3.23. The van der Waals surface area contributed by atoms with Crippen LogP contribution in [0.2, 0.25) is 0 Å². The van der Waals surface area contributed by atoms with E-state index in [1.807, 2.05) is 24.3 Å². The van der Waals surface area contributed by atoms with Gasteiger partial charge in [-0.2, -0.15) is 0 Å². The number of rotatable bonds is 6. The molecule has 1 fully saturated rings. The van der Waals surface area contributed by atoms with E-state index in [2.05, 4.69) is 27.5 Å². The van der Waals surface area contributed by atoms with Gasteiger partial charge in [0.2, 0.25) is 0 Å². The maximum Gasteiger partial charge on any atom is 0.119 e.